The lowest BCUT2D eigenvalue weighted by Crippen LogP contribution is -2.15. The van der Waals surface area contributed by atoms with E-state index in [1.165, 1.54) is 18.2 Å². The molecule has 0 bridgehead atoms. The number of nitrogens with two attached hydrogens (primary N) is 1. The molecule has 3 nitrogen and oxygen atoms in total. The SMILES string of the molecule is NC(=S)c1ccc(Cl)c(NC(=O)c2cc(Br)ccc2F)c1. The Morgan fingerprint density at radius 1 is 1.29 bits per heavy atom. The third kappa shape index (κ3) is 3.78. The summed E-state index contributed by atoms with van der Waals surface area (Å²) in [6.45, 7) is 0. The molecule has 0 heterocycles. The van der Waals surface area contributed by atoms with Gasteiger partial charge in [0.05, 0.1) is 16.3 Å². The highest BCUT2D eigenvalue weighted by molar-refractivity contribution is 9.10. The highest BCUT2D eigenvalue weighted by atomic mass is 79.9. The Balaban J connectivity index is 2.33. The lowest BCUT2D eigenvalue weighted by molar-refractivity contribution is 0.102. The molecule has 2 aromatic rings. The summed E-state index contributed by atoms with van der Waals surface area (Å²) >= 11 is 14.1. The number of hydrogen-bond acceptors (Lipinski definition) is 2. The van der Waals surface area contributed by atoms with E-state index in [4.69, 9.17) is 29.6 Å². The summed E-state index contributed by atoms with van der Waals surface area (Å²) < 4.78 is 14.3. The van der Waals surface area contributed by atoms with Crippen LogP contribution in [0.1, 0.15) is 15.9 Å². The molecule has 0 atom stereocenters. The molecule has 21 heavy (non-hydrogen) atoms. The summed E-state index contributed by atoms with van der Waals surface area (Å²) in [5.41, 5.74) is 6.30. The number of thiocarbonyl (C=S) groups is 1. The first-order valence-corrected chi connectivity index (χ1v) is 7.32. The van der Waals surface area contributed by atoms with Gasteiger partial charge in [-0.3, -0.25) is 4.79 Å². The first-order valence-electron chi connectivity index (χ1n) is 5.74. The number of anilines is 1. The van der Waals surface area contributed by atoms with E-state index in [2.05, 4.69) is 21.2 Å². The highest BCUT2D eigenvalue weighted by Gasteiger charge is 2.14. The minimum absolute atomic E-state index is 0.0961. The van der Waals surface area contributed by atoms with Crippen LogP contribution in [0, 0.1) is 5.82 Å². The van der Waals surface area contributed by atoms with Gasteiger partial charge in [0.25, 0.3) is 5.91 Å². The van der Waals surface area contributed by atoms with Crippen molar-refractivity contribution in [3.05, 3.63) is 62.8 Å². The molecule has 0 radical (unpaired) electrons. The lowest BCUT2D eigenvalue weighted by Gasteiger charge is -2.10. The average Bonchev–Trinajstić information content (AvgIpc) is 2.43. The largest absolute Gasteiger partial charge is 0.389 e. The maximum absolute atomic E-state index is 13.7. The summed E-state index contributed by atoms with van der Waals surface area (Å²) in [5.74, 6) is -1.24. The van der Waals surface area contributed by atoms with Crippen molar-refractivity contribution in [2.45, 2.75) is 0 Å². The number of nitrogens with one attached hydrogen (secondary N) is 1. The zero-order valence-corrected chi connectivity index (χ0v) is 13.7. The Bertz CT molecular complexity index is 739. The molecular weight excluding hydrogens is 379 g/mol. The molecule has 2 rings (SSSR count). The lowest BCUT2D eigenvalue weighted by atomic mass is 10.1. The van der Waals surface area contributed by atoms with Gasteiger partial charge in [-0.2, -0.15) is 0 Å². The van der Waals surface area contributed by atoms with Crippen LogP contribution in [0.4, 0.5) is 10.1 Å². The third-order valence-corrected chi connectivity index (χ3v) is 3.73. The van der Waals surface area contributed by atoms with Crippen molar-refractivity contribution < 1.29 is 9.18 Å². The number of carbonyl (C=O) groups is 1. The molecule has 2 aromatic carbocycles. The fourth-order valence-electron chi connectivity index (χ4n) is 1.64. The molecule has 0 aromatic heterocycles. The molecule has 0 aliphatic carbocycles. The summed E-state index contributed by atoms with van der Waals surface area (Å²) in [6.07, 6.45) is 0. The zero-order chi connectivity index (χ0) is 15.6. The minimum Gasteiger partial charge on any atom is -0.389 e. The van der Waals surface area contributed by atoms with Crippen LogP contribution in [0.3, 0.4) is 0 Å². The molecule has 0 aliphatic heterocycles. The Hall–Kier alpha value is -1.50. The van der Waals surface area contributed by atoms with Crippen LogP contribution in [0.15, 0.2) is 40.9 Å². The normalized spacial score (nSPS) is 10.2. The summed E-state index contributed by atoms with van der Waals surface area (Å²) in [7, 11) is 0. The predicted octanol–water partition coefficient (Wildman–Crippen LogP) is 4.13. The Labute approximate surface area is 139 Å². The van der Waals surface area contributed by atoms with E-state index in [0.29, 0.717) is 20.7 Å². The van der Waals surface area contributed by atoms with Crippen molar-refractivity contribution in [2.24, 2.45) is 5.73 Å². The maximum atomic E-state index is 13.7. The molecule has 0 saturated heterocycles. The molecule has 7 heteroatoms. The molecule has 108 valence electrons. The molecule has 0 unspecified atom stereocenters. The van der Waals surface area contributed by atoms with Gasteiger partial charge in [0.1, 0.15) is 10.8 Å². The third-order valence-electron chi connectivity index (χ3n) is 2.67. The van der Waals surface area contributed by atoms with Gasteiger partial charge in [0.15, 0.2) is 0 Å². The van der Waals surface area contributed by atoms with Crippen molar-refractivity contribution in [1.82, 2.24) is 0 Å². The molecule has 0 spiro atoms. The van der Waals surface area contributed by atoms with Crippen molar-refractivity contribution >= 4 is 56.3 Å². The quantitative estimate of drug-likeness (QED) is 0.779. The van der Waals surface area contributed by atoms with Crippen LogP contribution >= 0.6 is 39.7 Å². The molecular formula is C14H9BrClFN2OS. The van der Waals surface area contributed by atoms with E-state index in [1.54, 1.807) is 18.2 Å². The number of halogens is 3. The van der Waals surface area contributed by atoms with Gasteiger partial charge < -0.3 is 11.1 Å². The second-order valence-corrected chi connectivity index (χ2v) is 5.90. The van der Waals surface area contributed by atoms with Crippen LogP contribution in [0.25, 0.3) is 0 Å². The standard InChI is InChI=1S/C14H9BrClFN2OS/c15-8-2-4-11(17)9(6-8)14(20)19-12-5-7(13(18)21)1-3-10(12)16/h1-6H,(H2,18,21)(H,19,20). The van der Waals surface area contributed by atoms with Gasteiger partial charge in [0, 0.05) is 10.0 Å². The summed E-state index contributed by atoms with van der Waals surface area (Å²) in [4.78, 5) is 12.3. The Morgan fingerprint density at radius 3 is 2.67 bits per heavy atom. The molecule has 1 amide bonds. The molecule has 3 N–H and O–H groups in total. The van der Waals surface area contributed by atoms with E-state index in [1.807, 2.05) is 0 Å². The second-order valence-electron chi connectivity index (χ2n) is 4.14. The van der Waals surface area contributed by atoms with Crippen molar-refractivity contribution in [3.8, 4) is 0 Å². The Morgan fingerprint density at radius 2 is 2.00 bits per heavy atom. The first kappa shape index (κ1) is 15.9. The van der Waals surface area contributed by atoms with E-state index in [9.17, 15) is 9.18 Å². The van der Waals surface area contributed by atoms with E-state index >= 15 is 0 Å². The fourth-order valence-corrected chi connectivity index (χ4v) is 2.29. The predicted molar refractivity (Wildman–Crippen MR) is 89.4 cm³/mol. The number of carbonyl (C=O) groups excluding carboxylic acids is 1. The van der Waals surface area contributed by atoms with E-state index in [0.717, 1.165) is 0 Å². The fraction of sp³-hybridized carbons (Fsp3) is 0. The highest BCUT2D eigenvalue weighted by Crippen LogP contribution is 2.24. The number of hydrogen-bond donors (Lipinski definition) is 2. The monoisotopic (exact) mass is 386 g/mol. The molecule has 0 fully saturated rings. The van der Waals surface area contributed by atoms with Gasteiger partial charge in [-0.05, 0) is 30.3 Å². The molecule has 0 saturated carbocycles. The average molecular weight is 388 g/mol. The number of benzene rings is 2. The van der Waals surface area contributed by atoms with E-state index < -0.39 is 11.7 Å². The van der Waals surface area contributed by atoms with Gasteiger partial charge in [-0.15, -0.1) is 0 Å². The topological polar surface area (TPSA) is 55.1 Å². The van der Waals surface area contributed by atoms with Crippen LogP contribution in [-0.2, 0) is 0 Å². The van der Waals surface area contributed by atoms with Crippen LogP contribution in [0.5, 0.6) is 0 Å². The van der Waals surface area contributed by atoms with Crippen LogP contribution < -0.4 is 11.1 Å². The van der Waals surface area contributed by atoms with Crippen molar-refractivity contribution in [3.63, 3.8) is 0 Å². The first-order chi connectivity index (χ1) is 9.88. The Kier molecular flexibility index (Phi) is 4.92. The van der Waals surface area contributed by atoms with Gasteiger partial charge in [-0.1, -0.05) is 45.8 Å². The van der Waals surface area contributed by atoms with Crippen LogP contribution in [-0.4, -0.2) is 10.9 Å². The van der Waals surface area contributed by atoms with Crippen molar-refractivity contribution in [1.29, 1.82) is 0 Å². The van der Waals surface area contributed by atoms with Crippen LogP contribution in [0.2, 0.25) is 5.02 Å². The van der Waals surface area contributed by atoms with Gasteiger partial charge >= 0.3 is 0 Å². The van der Waals surface area contributed by atoms with Gasteiger partial charge in [0.2, 0.25) is 0 Å². The zero-order valence-electron chi connectivity index (χ0n) is 10.5. The summed E-state index contributed by atoms with van der Waals surface area (Å²) in [6, 6.07) is 8.83. The van der Waals surface area contributed by atoms with Crippen molar-refractivity contribution in [2.75, 3.05) is 5.32 Å². The van der Waals surface area contributed by atoms with Gasteiger partial charge in [-0.25, -0.2) is 4.39 Å². The number of amides is 1. The second kappa shape index (κ2) is 6.51. The maximum Gasteiger partial charge on any atom is 0.258 e. The minimum atomic E-state index is -0.627. The summed E-state index contributed by atoms with van der Waals surface area (Å²) in [5, 5.41) is 2.85. The molecule has 0 aliphatic rings. The number of rotatable bonds is 3. The van der Waals surface area contributed by atoms with E-state index in [-0.39, 0.29) is 10.6 Å². The smallest absolute Gasteiger partial charge is 0.258 e.